The lowest BCUT2D eigenvalue weighted by molar-refractivity contribution is 0.102. The number of hydrogen-bond acceptors (Lipinski definition) is 1. The molecule has 0 bridgehead atoms. The molecule has 0 aliphatic rings. The first-order valence-corrected chi connectivity index (χ1v) is 7.58. The molecule has 3 aromatic rings. The van der Waals surface area contributed by atoms with Crippen molar-refractivity contribution in [3.8, 4) is 11.1 Å². The minimum Gasteiger partial charge on any atom is -0.322 e. The van der Waals surface area contributed by atoms with E-state index >= 15 is 0 Å². The fourth-order valence-electron chi connectivity index (χ4n) is 2.50. The molecule has 0 fully saturated rings. The van der Waals surface area contributed by atoms with Gasteiger partial charge in [-0.1, -0.05) is 59.7 Å². The van der Waals surface area contributed by atoms with Gasteiger partial charge in [0, 0.05) is 11.3 Å². The first-order chi connectivity index (χ1) is 11.1. The van der Waals surface area contributed by atoms with Crippen LogP contribution in [0.3, 0.4) is 0 Å². The van der Waals surface area contributed by atoms with E-state index in [0.29, 0.717) is 5.56 Å². The molecular weight excluding hydrogens is 282 g/mol. The Balaban J connectivity index is 1.99. The van der Waals surface area contributed by atoms with Crippen molar-refractivity contribution in [2.45, 2.75) is 13.8 Å². The number of nitrogens with one attached hydrogen (secondary N) is 1. The zero-order chi connectivity index (χ0) is 16.2. The average molecular weight is 300 g/mol. The summed E-state index contributed by atoms with van der Waals surface area (Å²) in [6.45, 7) is 4.09. The first kappa shape index (κ1) is 15.0. The van der Waals surface area contributed by atoms with Crippen molar-refractivity contribution in [3.05, 3.63) is 89.5 Å². The SMILES string of the molecule is Cc1ccc(-c2cc(C)ccc2C(=O)Nc2cc[c]cc2)cc1. The highest BCUT2D eigenvalue weighted by Crippen LogP contribution is 2.26. The highest BCUT2D eigenvalue weighted by molar-refractivity contribution is 6.08. The molecule has 2 heteroatoms. The molecule has 0 saturated heterocycles. The average Bonchev–Trinajstić information content (AvgIpc) is 2.56. The first-order valence-electron chi connectivity index (χ1n) is 7.58. The molecular formula is C21H18NO. The van der Waals surface area contributed by atoms with Gasteiger partial charge in [0.1, 0.15) is 0 Å². The van der Waals surface area contributed by atoms with Gasteiger partial charge in [-0.25, -0.2) is 0 Å². The molecule has 0 saturated carbocycles. The van der Waals surface area contributed by atoms with Crippen LogP contribution in [0.5, 0.6) is 0 Å². The molecule has 0 aliphatic heterocycles. The molecule has 3 aromatic carbocycles. The molecule has 1 amide bonds. The normalized spacial score (nSPS) is 10.3. The lowest BCUT2D eigenvalue weighted by Crippen LogP contribution is -2.13. The van der Waals surface area contributed by atoms with Crippen molar-refractivity contribution in [2.24, 2.45) is 0 Å². The van der Waals surface area contributed by atoms with Crippen LogP contribution >= 0.6 is 0 Å². The fraction of sp³-hybridized carbons (Fsp3) is 0.0952. The molecule has 1 radical (unpaired) electrons. The molecule has 0 heterocycles. The molecule has 0 unspecified atom stereocenters. The van der Waals surface area contributed by atoms with Crippen LogP contribution in [-0.4, -0.2) is 5.91 Å². The van der Waals surface area contributed by atoms with Crippen LogP contribution < -0.4 is 5.32 Å². The van der Waals surface area contributed by atoms with E-state index in [2.05, 4.69) is 48.6 Å². The Kier molecular flexibility index (Phi) is 4.24. The summed E-state index contributed by atoms with van der Waals surface area (Å²) in [5.41, 5.74) is 5.77. The molecule has 1 N–H and O–H groups in total. The van der Waals surface area contributed by atoms with Crippen LogP contribution in [0.15, 0.2) is 66.7 Å². The smallest absolute Gasteiger partial charge is 0.256 e. The number of carbonyl (C=O) groups is 1. The topological polar surface area (TPSA) is 29.1 Å². The summed E-state index contributed by atoms with van der Waals surface area (Å²) in [5.74, 6) is -0.105. The van der Waals surface area contributed by atoms with Gasteiger partial charge in [-0.3, -0.25) is 4.79 Å². The van der Waals surface area contributed by atoms with Crippen LogP contribution in [0.1, 0.15) is 21.5 Å². The van der Waals surface area contributed by atoms with Crippen molar-refractivity contribution in [1.29, 1.82) is 0 Å². The number of amides is 1. The molecule has 23 heavy (non-hydrogen) atoms. The third kappa shape index (κ3) is 3.49. The second-order valence-electron chi connectivity index (χ2n) is 5.66. The quantitative estimate of drug-likeness (QED) is 0.722. The van der Waals surface area contributed by atoms with Crippen LogP contribution in [0.25, 0.3) is 11.1 Å². The fourth-order valence-corrected chi connectivity index (χ4v) is 2.50. The second kappa shape index (κ2) is 6.49. The van der Waals surface area contributed by atoms with Gasteiger partial charge in [0.15, 0.2) is 0 Å². The third-order valence-electron chi connectivity index (χ3n) is 3.76. The number of hydrogen-bond donors (Lipinski definition) is 1. The molecule has 0 aliphatic carbocycles. The Labute approximate surface area is 136 Å². The molecule has 0 atom stereocenters. The Bertz CT molecular complexity index is 820. The summed E-state index contributed by atoms with van der Waals surface area (Å²) in [7, 11) is 0. The van der Waals surface area contributed by atoms with Crippen molar-refractivity contribution in [2.75, 3.05) is 5.32 Å². The zero-order valence-corrected chi connectivity index (χ0v) is 13.3. The Morgan fingerprint density at radius 1 is 0.870 bits per heavy atom. The van der Waals surface area contributed by atoms with E-state index in [9.17, 15) is 4.79 Å². The minimum absolute atomic E-state index is 0.105. The molecule has 0 spiro atoms. The Morgan fingerprint density at radius 3 is 2.22 bits per heavy atom. The summed E-state index contributed by atoms with van der Waals surface area (Å²) in [6.07, 6.45) is 0. The van der Waals surface area contributed by atoms with Crippen LogP contribution in [0.2, 0.25) is 0 Å². The molecule has 113 valence electrons. The summed E-state index contributed by atoms with van der Waals surface area (Å²) < 4.78 is 0. The maximum absolute atomic E-state index is 12.7. The van der Waals surface area contributed by atoms with Crippen molar-refractivity contribution in [3.63, 3.8) is 0 Å². The van der Waals surface area contributed by atoms with Crippen LogP contribution in [0.4, 0.5) is 5.69 Å². The summed E-state index contributed by atoms with van der Waals surface area (Å²) in [5, 5.41) is 2.94. The van der Waals surface area contributed by atoms with Crippen molar-refractivity contribution < 1.29 is 4.79 Å². The number of anilines is 1. The van der Waals surface area contributed by atoms with E-state index in [1.54, 1.807) is 12.1 Å². The lowest BCUT2D eigenvalue weighted by Gasteiger charge is -2.12. The summed E-state index contributed by atoms with van der Waals surface area (Å²) in [4.78, 5) is 12.7. The van der Waals surface area contributed by atoms with E-state index in [-0.39, 0.29) is 5.91 Å². The number of benzene rings is 3. The van der Waals surface area contributed by atoms with Gasteiger partial charge in [-0.15, -0.1) is 0 Å². The lowest BCUT2D eigenvalue weighted by atomic mass is 9.96. The van der Waals surface area contributed by atoms with Crippen molar-refractivity contribution in [1.82, 2.24) is 0 Å². The van der Waals surface area contributed by atoms with Gasteiger partial charge in [-0.05, 0) is 49.2 Å². The van der Waals surface area contributed by atoms with Crippen LogP contribution in [0, 0.1) is 19.9 Å². The number of carbonyl (C=O) groups excluding carboxylic acids is 1. The minimum atomic E-state index is -0.105. The summed E-state index contributed by atoms with van der Waals surface area (Å²) >= 11 is 0. The van der Waals surface area contributed by atoms with E-state index in [1.807, 2.05) is 31.2 Å². The van der Waals surface area contributed by atoms with Gasteiger partial charge in [0.2, 0.25) is 0 Å². The van der Waals surface area contributed by atoms with E-state index < -0.39 is 0 Å². The number of rotatable bonds is 3. The third-order valence-corrected chi connectivity index (χ3v) is 3.76. The maximum atomic E-state index is 12.7. The maximum Gasteiger partial charge on any atom is 0.256 e. The number of aryl methyl sites for hydroxylation is 2. The van der Waals surface area contributed by atoms with Crippen LogP contribution in [-0.2, 0) is 0 Å². The van der Waals surface area contributed by atoms with Crippen molar-refractivity contribution >= 4 is 11.6 Å². The van der Waals surface area contributed by atoms with E-state index in [0.717, 1.165) is 22.4 Å². The molecule has 3 rings (SSSR count). The Morgan fingerprint density at radius 2 is 1.52 bits per heavy atom. The molecule has 2 nitrogen and oxygen atoms in total. The predicted molar refractivity (Wildman–Crippen MR) is 94.6 cm³/mol. The zero-order valence-electron chi connectivity index (χ0n) is 13.3. The monoisotopic (exact) mass is 300 g/mol. The predicted octanol–water partition coefficient (Wildman–Crippen LogP) is 5.02. The van der Waals surface area contributed by atoms with E-state index in [1.165, 1.54) is 5.56 Å². The standard InChI is InChI=1S/C21H18NO/c1-15-8-11-17(12-9-15)20-14-16(2)10-13-19(20)21(23)22-18-6-4-3-5-7-18/h4-14H,1-2H3,(H,22,23). The van der Waals surface area contributed by atoms with Gasteiger partial charge in [0.05, 0.1) is 0 Å². The largest absolute Gasteiger partial charge is 0.322 e. The van der Waals surface area contributed by atoms with Gasteiger partial charge in [0.25, 0.3) is 5.91 Å². The second-order valence-corrected chi connectivity index (χ2v) is 5.66. The highest BCUT2D eigenvalue weighted by Gasteiger charge is 2.13. The highest BCUT2D eigenvalue weighted by atomic mass is 16.1. The van der Waals surface area contributed by atoms with Gasteiger partial charge < -0.3 is 5.32 Å². The van der Waals surface area contributed by atoms with E-state index in [4.69, 9.17) is 0 Å². The van der Waals surface area contributed by atoms with Gasteiger partial charge in [-0.2, -0.15) is 0 Å². The molecule has 0 aromatic heterocycles. The Hall–Kier alpha value is -2.87. The van der Waals surface area contributed by atoms with Gasteiger partial charge >= 0.3 is 0 Å². The summed E-state index contributed by atoms with van der Waals surface area (Å²) in [6, 6.07) is 24.3.